The van der Waals surface area contributed by atoms with E-state index >= 15 is 0 Å². The van der Waals surface area contributed by atoms with Gasteiger partial charge in [0.15, 0.2) is 0 Å². The summed E-state index contributed by atoms with van der Waals surface area (Å²) >= 11 is 4.18. The molecule has 0 amide bonds. The van der Waals surface area contributed by atoms with Gasteiger partial charge in [0.25, 0.3) is 0 Å². The van der Waals surface area contributed by atoms with Crippen molar-refractivity contribution in [1.29, 1.82) is 0 Å². The van der Waals surface area contributed by atoms with Crippen molar-refractivity contribution >= 4 is 12.6 Å². The highest BCUT2D eigenvalue weighted by atomic mass is 32.1. The Morgan fingerprint density at radius 2 is 2.29 bits per heavy atom. The predicted molar refractivity (Wildman–Crippen MR) is 65.2 cm³/mol. The molecule has 14 heavy (non-hydrogen) atoms. The second-order valence-corrected chi connectivity index (χ2v) is 4.67. The third-order valence-electron chi connectivity index (χ3n) is 2.41. The zero-order valence-corrected chi connectivity index (χ0v) is 9.90. The van der Waals surface area contributed by atoms with Gasteiger partial charge in [0.2, 0.25) is 0 Å². The number of aromatic nitrogens is 1. The molecule has 0 unspecified atom stereocenters. The predicted octanol–water partition coefficient (Wildman–Crippen LogP) is 2.20. The Kier molecular flexibility index (Phi) is 4.55. The van der Waals surface area contributed by atoms with E-state index in [0.717, 1.165) is 25.3 Å². The Bertz CT molecular complexity index is 242. The molecule has 0 radical (unpaired) electrons. The van der Waals surface area contributed by atoms with Gasteiger partial charge in [-0.05, 0) is 30.9 Å². The van der Waals surface area contributed by atoms with Crippen molar-refractivity contribution < 1.29 is 0 Å². The van der Waals surface area contributed by atoms with Crippen LogP contribution < -0.4 is 5.32 Å². The molecule has 1 heterocycles. The van der Waals surface area contributed by atoms with E-state index in [-0.39, 0.29) is 5.41 Å². The highest BCUT2D eigenvalue weighted by Gasteiger charge is 2.20. The second kappa shape index (κ2) is 5.47. The molecule has 0 saturated heterocycles. The molecule has 1 aromatic heterocycles. The van der Waals surface area contributed by atoms with Crippen LogP contribution in [0.25, 0.3) is 0 Å². The topological polar surface area (TPSA) is 27.8 Å². The number of hydrogen-bond acceptors (Lipinski definition) is 2. The molecular weight excluding hydrogens is 192 g/mol. The van der Waals surface area contributed by atoms with Crippen molar-refractivity contribution in [3.05, 3.63) is 24.0 Å². The minimum absolute atomic E-state index is 0.181. The van der Waals surface area contributed by atoms with Gasteiger partial charge in [-0.3, -0.25) is 0 Å². The number of H-pyrrole nitrogens is 1. The van der Waals surface area contributed by atoms with E-state index in [4.69, 9.17) is 0 Å². The van der Waals surface area contributed by atoms with Crippen LogP contribution in [0, 0.1) is 0 Å². The number of hydrogen-bond donors (Lipinski definition) is 3. The van der Waals surface area contributed by atoms with Crippen molar-refractivity contribution in [2.45, 2.75) is 25.7 Å². The summed E-state index contributed by atoms with van der Waals surface area (Å²) in [4.78, 5) is 3.26. The summed E-state index contributed by atoms with van der Waals surface area (Å²) in [6.07, 6.45) is 3.11. The molecule has 0 atom stereocenters. The van der Waals surface area contributed by atoms with Crippen LogP contribution in [-0.4, -0.2) is 23.8 Å². The lowest BCUT2D eigenvalue weighted by atomic mass is 9.89. The summed E-state index contributed by atoms with van der Waals surface area (Å²) in [7, 11) is 0. The van der Waals surface area contributed by atoms with Gasteiger partial charge in [0, 0.05) is 23.9 Å². The SMILES string of the molecule is CC(C)(CNCCCS)c1ccc[nH]1. The fraction of sp³-hybridized carbons (Fsp3) is 0.636. The van der Waals surface area contributed by atoms with Crippen LogP contribution in [0.3, 0.4) is 0 Å². The van der Waals surface area contributed by atoms with Crippen molar-refractivity contribution in [2.24, 2.45) is 0 Å². The summed E-state index contributed by atoms with van der Waals surface area (Å²) < 4.78 is 0. The van der Waals surface area contributed by atoms with Gasteiger partial charge in [0.05, 0.1) is 0 Å². The maximum atomic E-state index is 4.18. The fourth-order valence-corrected chi connectivity index (χ4v) is 1.61. The van der Waals surface area contributed by atoms with E-state index in [2.05, 4.69) is 42.8 Å². The molecule has 0 aromatic carbocycles. The zero-order chi connectivity index (χ0) is 10.4. The number of nitrogens with one attached hydrogen (secondary N) is 2. The van der Waals surface area contributed by atoms with Crippen LogP contribution in [0.2, 0.25) is 0 Å². The first-order valence-electron chi connectivity index (χ1n) is 5.12. The molecule has 2 N–H and O–H groups in total. The average Bonchev–Trinajstić information content (AvgIpc) is 2.65. The molecule has 0 bridgehead atoms. The van der Waals surface area contributed by atoms with Gasteiger partial charge in [-0.25, -0.2) is 0 Å². The normalized spacial score (nSPS) is 11.9. The lowest BCUT2D eigenvalue weighted by molar-refractivity contribution is 0.460. The summed E-state index contributed by atoms with van der Waals surface area (Å²) in [6, 6.07) is 4.19. The van der Waals surface area contributed by atoms with Gasteiger partial charge >= 0.3 is 0 Å². The number of rotatable bonds is 6. The lowest BCUT2D eigenvalue weighted by Gasteiger charge is -2.24. The Morgan fingerprint density at radius 1 is 1.50 bits per heavy atom. The van der Waals surface area contributed by atoms with Crippen LogP contribution in [0.15, 0.2) is 18.3 Å². The Balaban J connectivity index is 2.35. The lowest BCUT2D eigenvalue weighted by Crippen LogP contribution is -2.33. The molecule has 0 aliphatic rings. The van der Waals surface area contributed by atoms with Crippen LogP contribution in [0.5, 0.6) is 0 Å². The smallest absolute Gasteiger partial charge is 0.0217 e. The maximum Gasteiger partial charge on any atom is 0.0217 e. The standard InChI is InChI=1S/C11H20N2S/c1-11(2,9-12-6-4-8-14)10-5-3-7-13-10/h3,5,7,12-14H,4,6,8-9H2,1-2H3. The molecule has 3 heteroatoms. The fourth-order valence-electron chi connectivity index (χ4n) is 1.45. The molecule has 0 fully saturated rings. The van der Waals surface area contributed by atoms with Crippen molar-refractivity contribution in [3.63, 3.8) is 0 Å². The van der Waals surface area contributed by atoms with Crippen molar-refractivity contribution in [1.82, 2.24) is 10.3 Å². The molecule has 0 aliphatic heterocycles. The van der Waals surface area contributed by atoms with Crippen LogP contribution in [0.4, 0.5) is 0 Å². The van der Waals surface area contributed by atoms with Crippen LogP contribution in [0.1, 0.15) is 26.0 Å². The highest BCUT2D eigenvalue weighted by Crippen LogP contribution is 2.19. The van der Waals surface area contributed by atoms with Crippen molar-refractivity contribution in [3.8, 4) is 0 Å². The zero-order valence-electron chi connectivity index (χ0n) is 9.01. The quantitative estimate of drug-likeness (QED) is 0.489. The first-order chi connectivity index (χ1) is 6.67. The third-order valence-corrected chi connectivity index (χ3v) is 2.72. The molecular formula is C11H20N2S. The molecule has 1 rings (SSSR count). The third kappa shape index (κ3) is 3.39. The molecule has 0 spiro atoms. The molecule has 2 nitrogen and oxygen atoms in total. The summed E-state index contributed by atoms with van der Waals surface area (Å²) in [5.41, 5.74) is 1.47. The van der Waals surface area contributed by atoms with Gasteiger partial charge in [0.1, 0.15) is 0 Å². The van der Waals surface area contributed by atoms with Gasteiger partial charge in [-0.2, -0.15) is 12.6 Å². The Morgan fingerprint density at radius 3 is 2.86 bits per heavy atom. The highest BCUT2D eigenvalue weighted by molar-refractivity contribution is 7.80. The summed E-state index contributed by atoms with van der Waals surface area (Å²) in [6.45, 7) is 6.54. The molecule has 80 valence electrons. The van der Waals surface area contributed by atoms with E-state index in [1.54, 1.807) is 0 Å². The van der Waals surface area contributed by atoms with Crippen LogP contribution >= 0.6 is 12.6 Å². The Labute approximate surface area is 91.9 Å². The van der Waals surface area contributed by atoms with Crippen LogP contribution in [-0.2, 0) is 5.41 Å². The van der Waals surface area contributed by atoms with Gasteiger partial charge < -0.3 is 10.3 Å². The molecule has 0 saturated carbocycles. The van der Waals surface area contributed by atoms with Gasteiger partial charge in [-0.15, -0.1) is 0 Å². The van der Waals surface area contributed by atoms with E-state index in [1.165, 1.54) is 5.69 Å². The number of thiol groups is 1. The largest absolute Gasteiger partial charge is 0.365 e. The van der Waals surface area contributed by atoms with Gasteiger partial charge in [-0.1, -0.05) is 13.8 Å². The minimum atomic E-state index is 0.181. The monoisotopic (exact) mass is 212 g/mol. The van der Waals surface area contributed by atoms with E-state index in [0.29, 0.717) is 0 Å². The first kappa shape index (κ1) is 11.7. The molecule has 1 aromatic rings. The van der Waals surface area contributed by atoms with E-state index in [9.17, 15) is 0 Å². The minimum Gasteiger partial charge on any atom is -0.365 e. The second-order valence-electron chi connectivity index (χ2n) is 4.22. The summed E-state index contributed by atoms with van der Waals surface area (Å²) in [5.74, 6) is 0.954. The number of aromatic amines is 1. The molecule has 0 aliphatic carbocycles. The average molecular weight is 212 g/mol. The van der Waals surface area contributed by atoms with E-state index < -0.39 is 0 Å². The first-order valence-corrected chi connectivity index (χ1v) is 5.75. The van der Waals surface area contributed by atoms with E-state index in [1.807, 2.05) is 12.3 Å². The Hall–Kier alpha value is -0.410. The summed E-state index contributed by atoms with van der Waals surface area (Å²) in [5, 5.41) is 3.45. The van der Waals surface area contributed by atoms with Crippen molar-refractivity contribution in [2.75, 3.05) is 18.8 Å². The maximum absolute atomic E-state index is 4.18.